The van der Waals surface area contributed by atoms with Crippen molar-refractivity contribution in [1.29, 1.82) is 0 Å². The molecule has 5 aromatic rings. The number of aromatic hydroxyl groups is 4. The van der Waals surface area contributed by atoms with Gasteiger partial charge in [-0.1, -0.05) is 49.2 Å². The molecule has 4 saturated heterocycles. The van der Waals surface area contributed by atoms with Crippen LogP contribution in [-0.4, -0.2) is 292 Å². The number of nitrogens with zero attached hydrogens (tertiary/aromatic N) is 2. The lowest BCUT2D eigenvalue weighted by Crippen LogP contribution is -2.56. The fourth-order valence-electron chi connectivity index (χ4n) is 17.6. The van der Waals surface area contributed by atoms with Crippen molar-refractivity contribution in [1.82, 2.24) is 20.4 Å². The Kier molecular flexibility index (Phi) is 35.4. The number of ketones is 6. The number of carbonyl (C=O) groups is 15. The Bertz CT molecular complexity index is 5560. The van der Waals surface area contributed by atoms with Crippen LogP contribution < -0.4 is 25.4 Å². The highest BCUT2D eigenvalue weighted by Gasteiger charge is 2.54. The van der Waals surface area contributed by atoms with Crippen LogP contribution in [0.3, 0.4) is 0 Å². The summed E-state index contributed by atoms with van der Waals surface area (Å²) < 4.78 is 59.8. The third kappa shape index (κ3) is 24.5. The molecule has 0 saturated carbocycles. The van der Waals surface area contributed by atoms with Crippen LogP contribution in [0.25, 0.3) is 0 Å². The molecular formula is C96H117N5O36S2. The Morgan fingerprint density at radius 2 is 0.899 bits per heavy atom. The molecule has 5 aromatic carbocycles. The van der Waals surface area contributed by atoms with Gasteiger partial charge in [0.05, 0.1) is 100 Å². The molecular weight excluding hydrogens is 1860 g/mol. The lowest BCUT2D eigenvalue weighted by Gasteiger charge is -2.42. The van der Waals surface area contributed by atoms with Gasteiger partial charge in [0.25, 0.3) is 0 Å². The number of alkyl carbamates (subject to hydrolysis) is 2. The number of aliphatic hydroxyl groups is 6. The number of Topliss-reactive ketones (excluding diaryl/α,β-unsaturated/α-hetero) is 2. The molecule has 8 aliphatic rings. The summed E-state index contributed by atoms with van der Waals surface area (Å²) in [5.74, 6) is -10.5. The summed E-state index contributed by atoms with van der Waals surface area (Å²) in [5, 5.41) is 119. The fraction of sp³-hybridized carbons (Fsp3) is 0.531. The predicted molar refractivity (Wildman–Crippen MR) is 490 cm³/mol. The highest BCUT2D eigenvalue weighted by atomic mass is 32.2. The first-order chi connectivity index (χ1) is 65.7. The summed E-state index contributed by atoms with van der Waals surface area (Å²) >= 11 is 2.73. The zero-order chi connectivity index (χ0) is 102. The first-order valence-corrected chi connectivity index (χ1v) is 47.7. The highest BCUT2D eigenvalue weighted by molar-refractivity contribution is 8.00. The Labute approximate surface area is 807 Å². The van der Waals surface area contributed by atoms with Crippen molar-refractivity contribution < 1.29 is 175 Å². The predicted octanol–water partition coefficient (Wildman–Crippen LogP) is 6.63. The Hall–Kier alpha value is -11.7. The third-order valence-corrected chi connectivity index (χ3v) is 26.8. The molecule has 14 atom stereocenters. The average Bonchev–Trinajstić information content (AvgIpc) is 1.30. The molecule has 754 valence electrons. The fourth-order valence-corrected chi connectivity index (χ4v) is 18.9. The molecule has 13 rings (SSSR count). The number of aliphatic hydroxyl groups excluding tert-OH is 4. The number of phenolic OH excluding ortho intramolecular Hbond substituents is 4. The van der Waals surface area contributed by atoms with Crippen LogP contribution in [0.2, 0.25) is 0 Å². The van der Waals surface area contributed by atoms with Crippen molar-refractivity contribution in [2.45, 2.75) is 253 Å². The Morgan fingerprint density at radius 1 is 0.504 bits per heavy atom. The van der Waals surface area contributed by atoms with Gasteiger partial charge in [-0.3, -0.25) is 72.1 Å². The second-order valence-electron chi connectivity index (χ2n) is 36.8. The molecule has 0 aromatic heterocycles. The zero-order valence-electron chi connectivity index (χ0n) is 78.8. The number of carbonyl (C=O) groups excluding carboxylic acids is 15. The number of unbranched alkanes of at least 4 members (excludes halogenated alkanes) is 4. The van der Waals surface area contributed by atoms with Gasteiger partial charge in [-0.2, -0.15) is 23.5 Å². The molecule has 0 bridgehead atoms. The number of nitrogens with one attached hydrogen (secondary N) is 3. The second-order valence-corrected chi connectivity index (χ2v) is 38.9. The number of anilines is 1. The standard InChI is InChI=1S/C40H46N2O17S.C39H44N2O13.C17H27NO6S/c1-18-33(47)21(41-39(53)57-17-56-27(46)10-5-4-6-11-42-26(45)13-24(60-3)38(42)52)12-28(58-18)59-23-15-40(54,25(44)16-43)14-20-30(23)37(51)32-31(35(20)49)34(48)19-8-7-9-22(55-2)29(19)36(32)50;1-18-32(44)23(40-37(49)52-17-19-9-11-20(12-10-19)41-38(2,3)4)13-27(53-18)54-25-15-39(50,26(43)16-42)14-22-29(25)36(48)31-30(34(22)46)33(45)21-7-6-8-24(51-5)28(21)35(31)47;1-17(2,3)16(22)24-11-23-14(20)8-6-5-7-9-18-13(19)10-12(25-4)15(18)21/h7-9,18,21,23-24,28,33,43,47,49,51,54H,4-6,10-17H2,1-3H3,(H,41,53);6-12,18,23,25,27,32,41-42,44,46,48,50H,13-17H2,1-5H3,(H,40,49);12H,5-11H2,1-4H3/t18-,21-,23-,24?,28-,33+,40-;18-,23-,25-,27-,32+,39-;/m00./s1. The number of hydrogen-bond acceptors (Lipinski definition) is 39. The van der Waals surface area contributed by atoms with Crippen molar-refractivity contribution in [3.8, 4) is 34.5 Å². The van der Waals surface area contributed by atoms with Crippen LogP contribution in [0.5, 0.6) is 34.5 Å². The smallest absolute Gasteiger partial charge is 0.410 e. The molecule has 4 aliphatic carbocycles. The van der Waals surface area contributed by atoms with Gasteiger partial charge in [0, 0.05) is 122 Å². The molecule has 4 fully saturated rings. The van der Waals surface area contributed by atoms with E-state index in [1.807, 2.05) is 51.3 Å². The normalized spacial score (nSPS) is 24.0. The summed E-state index contributed by atoms with van der Waals surface area (Å²) in [7, 11) is 2.60. The molecule has 43 heteroatoms. The van der Waals surface area contributed by atoms with Gasteiger partial charge in [0.15, 0.2) is 35.7 Å². The molecule has 4 heterocycles. The van der Waals surface area contributed by atoms with E-state index in [1.165, 1.54) is 97.8 Å². The van der Waals surface area contributed by atoms with E-state index < -0.39 is 234 Å². The molecule has 2 unspecified atom stereocenters. The van der Waals surface area contributed by atoms with Crippen LogP contribution in [-0.2, 0) is 105 Å². The summed E-state index contributed by atoms with van der Waals surface area (Å²) in [5.41, 5.74) is -7.50. The molecule has 13 N–H and O–H groups in total. The van der Waals surface area contributed by atoms with Crippen LogP contribution in [0.4, 0.5) is 15.3 Å². The van der Waals surface area contributed by atoms with Crippen molar-refractivity contribution in [2.24, 2.45) is 5.41 Å². The Morgan fingerprint density at radius 3 is 1.27 bits per heavy atom. The molecule has 6 amide bonds. The number of hydrogen-bond donors (Lipinski definition) is 13. The van der Waals surface area contributed by atoms with E-state index in [0.717, 1.165) is 11.3 Å². The molecule has 4 aliphatic heterocycles. The monoisotopic (exact) mass is 1980 g/mol. The van der Waals surface area contributed by atoms with Gasteiger partial charge in [-0.05, 0) is 123 Å². The minimum Gasteiger partial charge on any atom is -0.507 e. The van der Waals surface area contributed by atoms with E-state index in [2.05, 4.69) is 16.0 Å². The van der Waals surface area contributed by atoms with Gasteiger partial charge in [-0.15, -0.1) is 0 Å². The van der Waals surface area contributed by atoms with Crippen LogP contribution in [0.1, 0.15) is 249 Å². The number of amides is 6. The molecule has 0 spiro atoms. The second kappa shape index (κ2) is 45.7. The van der Waals surface area contributed by atoms with Gasteiger partial charge in [0.2, 0.25) is 48.8 Å². The zero-order valence-corrected chi connectivity index (χ0v) is 80.4. The minimum atomic E-state index is -2.39. The number of rotatable bonds is 33. The number of esters is 3. The minimum absolute atomic E-state index is 0.0130. The summed E-state index contributed by atoms with van der Waals surface area (Å²) in [6.45, 7) is 11.5. The number of phenols is 4. The van der Waals surface area contributed by atoms with Gasteiger partial charge in [0.1, 0.15) is 77.7 Å². The number of methoxy groups -OCH3 is 2. The van der Waals surface area contributed by atoms with Crippen LogP contribution in [0, 0.1) is 5.41 Å². The van der Waals surface area contributed by atoms with Crippen LogP contribution in [0.15, 0.2) is 60.7 Å². The number of likely N-dealkylation sites (tertiary alicyclic amines) is 2. The van der Waals surface area contributed by atoms with Crippen molar-refractivity contribution in [3.63, 3.8) is 0 Å². The van der Waals surface area contributed by atoms with E-state index >= 15 is 0 Å². The summed E-state index contributed by atoms with van der Waals surface area (Å²) in [6.07, 6.45) is -7.31. The highest BCUT2D eigenvalue weighted by Crippen LogP contribution is 2.56. The van der Waals surface area contributed by atoms with Crippen molar-refractivity contribution in [2.75, 3.05) is 71.9 Å². The van der Waals surface area contributed by atoms with E-state index in [9.17, 15) is 123 Å². The van der Waals surface area contributed by atoms with E-state index in [1.54, 1.807) is 27.0 Å². The third-order valence-electron chi connectivity index (χ3n) is 24.9. The Balaban J connectivity index is 0.000000216. The van der Waals surface area contributed by atoms with Crippen LogP contribution >= 0.6 is 23.5 Å². The lowest BCUT2D eigenvalue weighted by atomic mass is 9.72. The van der Waals surface area contributed by atoms with E-state index in [-0.39, 0.29) is 154 Å². The molecule has 0 radical (unpaired) electrons. The van der Waals surface area contributed by atoms with Crippen molar-refractivity contribution >= 4 is 118 Å². The van der Waals surface area contributed by atoms with Gasteiger partial charge < -0.3 is 119 Å². The summed E-state index contributed by atoms with van der Waals surface area (Å²) in [4.78, 5) is 193. The van der Waals surface area contributed by atoms with Gasteiger partial charge >= 0.3 is 30.1 Å². The largest absolute Gasteiger partial charge is 0.507 e. The summed E-state index contributed by atoms with van der Waals surface area (Å²) in [6, 6.07) is 13.8. The quantitative estimate of drug-likeness (QED) is 0.00512. The topological polar surface area (TPSA) is 602 Å². The number of ether oxygens (including phenoxy) is 11. The number of thioether (sulfide) groups is 2. The first-order valence-electron chi connectivity index (χ1n) is 45.1. The molecule has 41 nitrogen and oxygen atoms in total. The lowest BCUT2D eigenvalue weighted by molar-refractivity contribution is -0.249. The average molecular weight is 1980 g/mol. The van der Waals surface area contributed by atoms with Gasteiger partial charge in [-0.25, -0.2) is 9.59 Å². The van der Waals surface area contributed by atoms with E-state index in [4.69, 9.17) is 52.1 Å². The van der Waals surface area contributed by atoms with E-state index in [0.29, 0.717) is 45.1 Å². The van der Waals surface area contributed by atoms with Crippen molar-refractivity contribution in [3.05, 3.63) is 133 Å². The number of imide groups is 2. The molecule has 139 heavy (non-hydrogen) atoms. The maximum absolute atomic E-state index is 13.9. The number of fused-ring (bicyclic) bond motifs is 6. The first kappa shape index (κ1) is 108. The maximum atomic E-state index is 13.9. The SMILES string of the molecule is COc1cccc2c1C(=O)c1c(O)c3c(c(O)c1C2=O)C[C@@](O)(C(=O)CO)C[C@@H]3O[C@H]1C[C@H](NC(=O)OCOC(=O)CCCCCN2C(=O)CC(SC)C2=O)[C@H](O)[C@H](C)O1.COc1cccc2c1C(=O)c1c(O)c3c(c(O)c1C2=O)C[C@@](O)(C(=O)CO)C[C@@H]3O[C@H]1C[C@H](NC(=O)OCc2ccc(NC(C)(C)C)cc2)[C@H](O)[C@H](C)O1.CSC1CC(=O)N(CCCCCC(=O)OCOC(=O)C(C)(C)C)C1=O. The number of benzene rings is 5. The maximum Gasteiger partial charge on any atom is 0.410 e.